The molecule has 0 aliphatic heterocycles. The summed E-state index contributed by atoms with van der Waals surface area (Å²) >= 11 is 5.89. The zero-order valence-corrected chi connectivity index (χ0v) is 20.9. The first-order chi connectivity index (χ1) is 17.5. The van der Waals surface area contributed by atoms with Crippen LogP contribution in [0, 0.1) is 6.92 Å². The fourth-order valence-corrected chi connectivity index (χ4v) is 4.86. The Morgan fingerprint density at radius 1 is 1.11 bits per heavy atom. The Morgan fingerprint density at radius 2 is 1.94 bits per heavy atom. The van der Waals surface area contributed by atoms with Gasteiger partial charge in [0.15, 0.2) is 0 Å². The monoisotopic (exact) mass is 501 g/mol. The lowest BCUT2D eigenvalue weighted by atomic mass is 9.90. The molecule has 0 saturated heterocycles. The third kappa shape index (κ3) is 5.80. The second-order valence-corrected chi connectivity index (χ2v) is 9.50. The number of hydrogen-bond donors (Lipinski definition) is 1. The van der Waals surface area contributed by atoms with Crippen LogP contribution in [0.25, 0.3) is 0 Å². The molecule has 1 aliphatic rings. The molecule has 8 heteroatoms. The predicted molar refractivity (Wildman–Crippen MR) is 137 cm³/mol. The molecule has 7 nitrogen and oxygen atoms in total. The van der Waals surface area contributed by atoms with Crippen LogP contribution in [0.3, 0.4) is 0 Å². The molecular weight excluding hydrogens is 474 g/mol. The Morgan fingerprint density at radius 3 is 2.72 bits per heavy atom. The first-order valence-corrected chi connectivity index (χ1v) is 12.5. The quantitative estimate of drug-likeness (QED) is 0.324. The van der Waals surface area contributed by atoms with Crippen LogP contribution in [-0.4, -0.2) is 25.8 Å². The highest BCUT2D eigenvalue weighted by molar-refractivity contribution is 6.29. The predicted octanol–water partition coefficient (Wildman–Crippen LogP) is 5.44. The first kappa shape index (κ1) is 24.2. The van der Waals surface area contributed by atoms with E-state index in [1.807, 2.05) is 19.2 Å². The van der Waals surface area contributed by atoms with Crippen LogP contribution in [0.5, 0.6) is 0 Å². The number of nitrogens with zero attached hydrogens (tertiary/aromatic N) is 4. The Bertz CT molecular complexity index is 1340. The second kappa shape index (κ2) is 11.0. The molecule has 0 spiro atoms. The maximum Gasteiger partial charge on any atom is 0.251 e. The summed E-state index contributed by atoms with van der Waals surface area (Å²) in [6.45, 7) is 3.72. The Hall–Kier alpha value is -3.55. The summed E-state index contributed by atoms with van der Waals surface area (Å²) in [6, 6.07) is 15.9. The molecule has 0 bridgehead atoms. The molecule has 1 atom stereocenters. The summed E-state index contributed by atoms with van der Waals surface area (Å²) in [6.07, 6.45) is 8.35. The normalized spacial score (nSPS) is 15.0. The fraction of sp³-hybridized carbons (Fsp3) is 0.286. The van der Waals surface area contributed by atoms with Crippen molar-refractivity contribution in [1.82, 2.24) is 25.2 Å². The number of halogens is 1. The average molecular weight is 502 g/mol. The van der Waals surface area contributed by atoms with E-state index in [0.29, 0.717) is 29.7 Å². The van der Waals surface area contributed by atoms with Crippen molar-refractivity contribution >= 4 is 17.5 Å². The van der Waals surface area contributed by atoms with Crippen LogP contribution >= 0.6 is 11.6 Å². The number of oxazole rings is 1. The van der Waals surface area contributed by atoms with Crippen LogP contribution in [0.1, 0.15) is 63.2 Å². The minimum Gasteiger partial charge on any atom is -0.447 e. The van der Waals surface area contributed by atoms with Crippen LogP contribution in [0.15, 0.2) is 71.6 Å². The van der Waals surface area contributed by atoms with E-state index < -0.39 is 0 Å². The van der Waals surface area contributed by atoms with Gasteiger partial charge >= 0.3 is 0 Å². The fourth-order valence-electron chi connectivity index (χ4n) is 4.69. The molecule has 0 radical (unpaired) electrons. The van der Waals surface area contributed by atoms with E-state index in [1.54, 1.807) is 18.4 Å². The van der Waals surface area contributed by atoms with E-state index in [4.69, 9.17) is 21.0 Å². The van der Waals surface area contributed by atoms with E-state index in [0.717, 1.165) is 42.8 Å². The zero-order chi connectivity index (χ0) is 24.9. The van der Waals surface area contributed by atoms with Crippen molar-refractivity contribution in [2.24, 2.45) is 0 Å². The van der Waals surface area contributed by atoms with Crippen molar-refractivity contribution in [2.45, 2.75) is 51.9 Å². The van der Waals surface area contributed by atoms with Gasteiger partial charge in [-0.2, -0.15) is 0 Å². The van der Waals surface area contributed by atoms with Crippen LogP contribution < -0.4 is 5.32 Å². The number of fused-ring (bicyclic) bond motifs is 1. The number of benzene rings is 1. The largest absolute Gasteiger partial charge is 0.447 e. The molecule has 3 heterocycles. The highest BCUT2D eigenvalue weighted by Crippen LogP contribution is 2.34. The Labute approximate surface area is 215 Å². The number of carbonyl (C=O) groups excluding carboxylic acids is 1. The standard InChI is InChI=1S/C28H28ClN5O2/c1-19-18-36-26(33-19)17-34(24-6-2-4-22-5-3-12-31-27(22)24)16-21-9-7-20(8-10-21)15-32-28(35)23-11-13-30-25(29)14-23/h3,5,7-14,18,24H,2,4,6,15-17H2,1H3,(H,32,35). The molecule has 1 aromatic carbocycles. The van der Waals surface area contributed by atoms with Crippen molar-refractivity contribution in [3.05, 3.63) is 112 Å². The van der Waals surface area contributed by atoms with Gasteiger partial charge in [0.2, 0.25) is 5.89 Å². The number of nitrogens with one attached hydrogen (secondary N) is 1. The van der Waals surface area contributed by atoms with Crippen LogP contribution in [0.2, 0.25) is 5.15 Å². The zero-order valence-electron chi connectivity index (χ0n) is 20.2. The molecule has 1 amide bonds. The first-order valence-electron chi connectivity index (χ1n) is 12.1. The van der Waals surface area contributed by atoms with E-state index in [9.17, 15) is 4.79 Å². The highest BCUT2D eigenvalue weighted by Gasteiger charge is 2.28. The van der Waals surface area contributed by atoms with Gasteiger partial charge in [-0.3, -0.25) is 14.7 Å². The lowest BCUT2D eigenvalue weighted by molar-refractivity contribution is 0.0951. The summed E-state index contributed by atoms with van der Waals surface area (Å²) in [5.74, 6) is 0.533. The lowest BCUT2D eigenvalue weighted by Crippen LogP contribution is -2.31. The molecule has 1 N–H and O–H groups in total. The topological polar surface area (TPSA) is 84.2 Å². The lowest BCUT2D eigenvalue weighted by Gasteiger charge is -2.34. The number of carbonyl (C=O) groups is 1. The van der Waals surface area contributed by atoms with Gasteiger partial charge in [0.05, 0.1) is 24.0 Å². The molecule has 36 heavy (non-hydrogen) atoms. The average Bonchev–Trinajstić information content (AvgIpc) is 3.31. The molecule has 5 rings (SSSR count). The van der Waals surface area contributed by atoms with Gasteiger partial charge in [0.25, 0.3) is 5.91 Å². The van der Waals surface area contributed by atoms with Gasteiger partial charge in [0.1, 0.15) is 11.4 Å². The smallest absolute Gasteiger partial charge is 0.251 e. The molecule has 0 saturated carbocycles. The van der Waals surface area contributed by atoms with Crippen molar-refractivity contribution in [3.63, 3.8) is 0 Å². The van der Waals surface area contributed by atoms with Gasteiger partial charge in [-0.15, -0.1) is 0 Å². The van der Waals surface area contributed by atoms with E-state index in [1.165, 1.54) is 17.3 Å². The van der Waals surface area contributed by atoms with Gasteiger partial charge < -0.3 is 9.73 Å². The number of aryl methyl sites for hydroxylation is 2. The SMILES string of the molecule is Cc1coc(CN(Cc2ccc(CNC(=O)c3ccnc(Cl)c3)cc2)C2CCCc3cccnc32)n1. The van der Waals surface area contributed by atoms with E-state index in [-0.39, 0.29) is 11.9 Å². The van der Waals surface area contributed by atoms with Crippen LogP contribution in [-0.2, 0) is 26.1 Å². The van der Waals surface area contributed by atoms with Crippen LogP contribution in [0.4, 0.5) is 0 Å². The van der Waals surface area contributed by atoms with Crippen molar-refractivity contribution in [3.8, 4) is 0 Å². The third-order valence-electron chi connectivity index (χ3n) is 6.46. The molecule has 1 aliphatic carbocycles. The minimum absolute atomic E-state index is 0.181. The van der Waals surface area contributed by atoms with E-state index >= 15 is 0 Å². The molecular formula is C28H28ClN5O2. The molecule has 0 fully saturated rings. The number of pyridine rings is 2. The summed E-state index contributed by atoms with van der Waals surface area (Å²) < 4.78 is 5.70. The number of aromatic nitrogens is 3. The van der Waals surface area contributed by atoms with Crippen molar-refractivity contribution in [1.29, 1.82) is 0 Å². The van der Waals surface area contributed by atoms with Gasteiger partial charge in [-0.25, -0.2) is 9.97 Å². The second-order valence-electron chi connectivity index (χ2n) is 9.11. The van der Waals surface area contributed by atoms with E-state index in [2.05, 4.69) is 50.5 Å². The summed E-state index contributed by atoms with van der Waals surface area (Å²) in [5.41, 5.74) is 6.05. The number of rotatable bonds is 8. The third-order valence-corrected chi connectivity index (χ3v) is 6.67. The molecule has 4 aromatic rings. The van der Waals surface area contributed by atoms with Crippen molar-refractivity contribution < 1.29 is 9.21 Å². The van der Waals surface area contributed by atoms with Crippen molar-refractivity contribution in [2.75, 3.05) is 0 Å². The van der Waals surface area contributed by atoms with Gasteiger partial charge in [-0.05, 0) is 61.1 Å². The van der Waals surface area contributed by atoms with Gasteiger partial charge in [0, 0.05) is 31.0 Å². The summed E-state index contributed by atoms with van der Waals surface area (Å²) in [4.78, 5) is 28.0. The maximum absolute atomic E-state index is 12.4. The molecule has 1 unspecified atom stereocenters. The molecule has 3 aromatic heterocycles. The minimum atomic E-state index is -0.181. The van der Waals surface area contributed by atoms with Gasteiger partial charge in [-0.1, -0.05) is 41.9 Å². The maximum atomic E-state index is 12.4. The number of hydrogen-bond acceptors (Lipinski definition) is 6. The highest BCUT2D eigenvalue weighted by atomic mass is 35.5. The Kier molecular flexibility index (Phi) is 7.39. The Balaban J connectivity index is 1.29. The summed E-state index contributed by atoms with van der Waals surface area (Å²) in [5, 5.41) is 3.23. The molecule has 184 valence electrons. The number of amides is 1. The summed E-state index contributed by atoms with van der Waals surface area (Å²) in [7, 11) is 0.